The van der Waals surface area contributed by atoms with E-state index in [1.807, 2.05) is 24.3 Å². The lowest BCUT2D eigenvalue weighted by molar-refractivity contribution is 0.309. The Morgan fingerprint density at radius 1 is 1.28 bits per heavy atom. The van der Waals surface area contributed by atoms with Crippen molar-refractivity contribution in [1.29, 1.82) is 0 Å². The lowest BCUT2D eigenvalue weighted by atomic mass is 10.1. The molecule has 18 heavy (non-hydrogen) atoms. The van der Waals surface area contributed by atoms with Gasteiger partial charge in [0.15, 0.2) is 0 Å². The standard InChI is InChI=1S/C14H18N2O2/c1-16(8-11-5-6-18-10-11)9-12-7-13(15)3-4-14(12)17-2/h3-7,10H,8-9,15H2,1-2H3. The van der Waals surface area contributed by atoms with Crippen LogP contribution in [0.4, 0.5) is 5.69 Å². The summed E-state index contributed by atoms with van der Waals surface area (Å²) in [6, 6.07) is 7.66. The summed E-state index contributed by atoms with van der Waals surface area (Å²) >= 11 is 0. The van der Waals surface area contributed by atoms with Crippen LogP contribution >= 0.6 is 0 Å². The van der Waals surface area contributed by atoms with Crippen LogP contribution in [0.5, 0.6) is 5.75 Å². The summed E-state index contributed by atoms with van der Waals surface area (Å²) in [6.07, 6.45) is 3.44. The number of hydrogen-bond donors (Lipinski definition) is 1. The van der Waals surface area contributed by atoms with Crippen LogP contribution in [0.15, 0.2) is 41.2 Å². The van der Waals surface area contributed by atoms with Crippen molar-refractivity contribution in [3.8, 4) is 5.75 Å². The van der Waals surface area contributed by atoms with Gasteiger partial charge in [-0.1, -0.05) is 0 Å². The fourth-order valence-electron chi connectivity index (χ4n) is 1.96. The molecule has 2 N–H and O–H groups in total. The van der Waals surface area contributed by atoms with E-state index in [1.54, 1.807) is 19.6 Å². The van der Waals surface area contributed by atoms with Gasteiger partial charge >= 0.3 is 0 Å². The van der Waals surface area contributed by atoms with Gasteiger partial charge in [-0.25, -0.2) is 0 Å². The summed E-state index contributed by atoms with van der Waals surface area (Å²) in [7, 11) is 3.72. The fourth-order valence-corrected chi connectivity index (χ4v) is 1.96. The first kappa shape index (κ1) is 12.5. The van der Waals surface area contributed by atoms with E-state index in [0.717, 1.165) is 35.7 Å². The zero-order valence-electron chi connectivity index (χ0n) is 10.7. The Kier molecular flexibility index (Phi) is 3.89. The summed E-state index contributed by atoms with van der Waals surface area (Å²) < 4.78 is 10.4. The van der Waals surface area contributed by atoms with Crippen LogP contribution in [0.3, 0.4) is 0 Å². The third kappa shape index (κ3) is 3.05. The van der Waals surface area contributed by atoms with Crippen molar-refractivity contribution in [2.45, 2.75) is 13.1 Å². The third-order valence-corrected chi connectivity index (χ3v) is 2.78. The highest BCUT2D eigenvalue weighted by Gasteiger charge is 2.08. The maximum absolute atomic E-state index is 5.80. The Balaban J connectivity index is 2.06. The van der Waals surface area contributed by atoms with Crippen molar-refractivity contribution < 1.29 is 9.15 Å². The molecule has 0 saturated heterocycles. The molecule has 4 heteroatoms. The second-order valence-electron chi connectivity index (χ2n) is 4.38. The van der Waals surface area contributed by atoms with Gasteiger partial charge in [-0.2, -0.15) is 0 Å². The van der Waals surface area contributed by atoms with E-state index in [2.05, 4.69) is 11.9 Å². The first-order chi connectivity index (χ1) is 8.69. The number of rotatable bonds is 5. The molecule has 0 aliphatic carbocycles. The molecule has 0 bridgehead atoms. The number of hydrogen-bond acceptors (Lipinski definition) is 4. The SMILES string of the molecule is COc1ccc(N)cc1CN(C)Cc1ccoc1. The molecule has 2 rings (SSSR count). The van der Waals surface area contributed by atoms with Gasteiger partial charge in [0.1, 0.15) is 5.75 Å². The number of furan rings is 1. The zero-order chi connectivity index (χ0) is 13.0. The molecule has 2 aromatic rings. The molecular weight excluding hydrogens is 228 g/mol. The minimum absolute atomic E-state index is 0.752. The van der Waals surface area contributed by atoms with Crippen molar-refractivity contribution in [3.63, 3.8) is 0 Å². The number of ether oxygens (including phenoxy) is 1. The quantitative estimate of drug-likeness (QED) is 0.823. The van der Waals surface area contributed by atoms with Gasteiger partial charge in [0.25, 0.3) is 0 Å². The largest absolute Gasteiger partial charge is 0.496 e. The normalized spacial score (nSPS) is 10.8. The summed E-state index contributed by atoms with van der Waals surface area (Å²) in [6.45, 7) is 1.61. The predicted octanol–water partition coefficient (Wildman–Crippen LogP) is 2.50. The minimum Gasteiger partial charge on any atom is -0.496 e. The summed E-state index contributed by atoms with van der Waals surface area (Å²) in [5, 5.41) is 0. The molecule has 0 fully saturated rings. The Hall–Kier alpha value is -1.94. The van der Waals surface area contributed by atoms with E-state index < -0.39 is 0 Å². The molecule has 0 amide bonds. The van der Waals surface area contributed by atoms with Gasteiger partial charge in [-0.3, -0.25) is 4.90 Å². The molecule has 96 valence electrons. The average molecular weight is 246 g/mol. The van der Waals surface area contributed by atoms with Crippen molar-refractivity contribution >= 4 is 5.69 Å². The molecule has 0 unspecified atom stereocenters. The predicted molar refractivity (Wildman–Crippen MR) is 71.3 cm³/mol. The molecule has 1 heterocycles. The van der Waals surface area contributed by atoms with Gasteiger partial charge in [0.2, 0.25) is 0 Å². The lowest BCUT2D eigenvalue weighted by Crippen LogP contribution is -2.17. The second-order valence-corrected chi connectivity index (χ2v) is 4.38. The monoisotopic (exact) mass is 246 g/mol. The molecule has 0 aliphatic heterocycles. The van der Waals surface area contributed by atoms with Crippen molar-refractivity contribution in [2.75, 3.05) is 19.9 Å². The van der Waals surface area contributed by atoms with Crippen LogP contribution in [0, 0.1) is 0 Å². The number of nitrogens with zero attached hydrogens (tertiary/aromatic N) is 1. The van der Waals surface area contributed by atoms with E-state index in [-0.39, 0.29) is 0 Å². The van der Waals surface area contributed by atoms with Gasteiger partial charge in [-0.15, -0.1) is 0 Å². The van der Waals surface area contributed by atoms with Crippen LogP contribution in [0.1, 0.15) is 11.1 Å². The highest BCUT2D eigenvalue weighted by molar-refractivity contribution is 5.47. The van der Waals surface area contributed by atoms with Gasteiger partial charge in [-0.05, 0) is 31.3 Å². The summed E-state index contributed by atoms with van der Waals surface area (Å²) in [5.41, 5.74) is 8.80. The first-order valence-corrected chi connectivity index (χ1v) is 5.81. The van der Waals surface area contributed by atoms with Crippen molar-refractivity contribution in [3.05, 3.63) is 47.9 Å². The maximum Gasteiger partial charge on any atom is 0.123 e. The number of nitrogens with two attached hydrogens (primary N) is 1. The Morgan fingerprint density at radius 2 is 2.11 bits per heavy atom. The van der Waals surface area contributed by atoms with E-state index >= 15 is 0 Å². The fraction of sp³-hybridized carbons (Fsp3) is 0.286. The number of methoxy groups -OCH3 is 1. The molecule has 4 nitrogen and oxygen atoms in total. The van der Waals surface area contributed by atoms with Gasteiger partial charge in [0, 0.05) is 29.9 Å². The molecule has 0 radical (unpaired) electrons. The minimum atomic E-state index is 0.752. The van der Waals surface area contributed by atoms with Crippen LogP contribution in [0.2, 0.25) is 0 Å². The molecule has 0 atom stereocenters. The molecule has 0 saturated carbocycles. The lowest BCUT2D eigenvalue weighted by Gasteiger charge is -2.18. The number of benzene rings is 1. The Labute approximate surface area is 107 Å². The molecular formula is C14H18N2O2. The molecule has 0 spiro atoms. The molecule has 1 aromatic heterocycles. The van der Waals surface area contributed by atoms with E-state index in [9.17, 15) is 0 Å². The van der Waals surface area contributed by atoms with E-state index in [0.29, 0.717) is 0 Å². The highest BCUT2D eigenvalue weighted by atomic mass is 16.5. The molecule has 1 aromatic carbocycles. The average Bonchev–Trinajstić information content (AvgIpc) is 2.82. The third-order valence-electron chi connectivity index (χ3n) is 2.78. The van der Waals surface area contributed by atoms with Crippen LogP contribution < -0.4 is 10.5 Å². The van der Waals surface area contributed by atoms with E-state index in [4.69, 9.17) is 14.9 Å². The van der Waals surface area contributed by atoms with Gasteiger partial charge < -0.3 is 14.9 Å². The Bertz CT molecular complexity index is 495. The number of nitrogen functional groups attached to an aromatic ring is 1. The summed E-state index contributed by atoms with van der Waals surface area (Å²) in [5.74, 6) is 0.864. The second kappa shape index (κ2) is 5.60. The smallest absolute Gasteiger partial charge is 0.123 e. The van der Waals surface area contributed by atoms with Gasteiger partial charge in [0.05, 0.1) is 19.6 Å². The van der Waals surface area contributed by atoms with Crippen molar-refractivity contribution in [2.24, 2.45) is 0 Å². The van der Waals surface area contributed by atoms with Crippen LogP contribution in [-0.4, -0.2) is 19.1 Å². The highest BCUT2D eigenvalue weighted by Crippen LogP contribution is 2.22. The topological polar surface area (TPSA) is 51.6 Å². The first-order valence-electron chi connectivity index (χ1n) is 5.81. The zero-order valence-corrected chi connectivity index (χ0v) is 10.7. The van der Waals surface area contributed by atoms with Crippen molar-refractivity contribution in [1.82, 2.24) is 4.90 Å². The van der Waals surface area contributed by atoms with Crippen LogP contribution in [-0.2, 0) is 13.1 Å². The Morgan fingerprint density at radius 3 is 2.78 bits per heavy atom. The molecule has 0 aliphatic rings. The summed E-state index contributed by atoms with van der Waals surface area (Å²) in [4.78, 5) is 2.18. The maximum atomic E-state index is 5.80. The van der Waals surface area contributed by atoms with E-state index in [1.165, 1.54) is 0 Å². The number of anilines is 1. The van der Waals surface area contributed by atoms with Crippen LogP contribution in [0.25, 0.3) is 0 Å².